The van der Waals surface area contributed by atoms with Crippen molar-refractivity contribution in [2.75, 3.05) is 32.1 Å². The highest BCUT2D eigenvalue weighted by molar-refractivity contribution is 5.47. The summed E-state index contributed by atoms with van der Waals surface area (Å²) in [5.41, 5.74) is 1.83. The summed E-state index contributed by atoms with van der Waals surface area (Å²) in [6.07, 6.45) is 2.69. The zero-order chi connectivity index (χ0) is 12.3. The van der Waals surface area contributed by atoms with Crippen molar-refractivity contribution in [1.29, 1.82) is 0 Å². The van der Waals surface area contributed by atoms with Crippen molar-refractivity contribution in [3.05, 3.63) is 29.8 Å². The number of rotatable bonds is 3. The van der Waals surface area contributed by atoms with E-state index in [0.29, 0.717) is 6.54 Å². The molecule has 3 nitrogen and oxygen atoms in total. The quantitative estimate of drug-likeness (QED) is 0.830. The predicted octanol–water partition coefficient (Wildman–Crippen LogP) is 1.41. The van der Waals surface area contributed by atoms with Crippen molar-refractivity contribution in [2.45, 2.75) is 24.9 Å². The third-order valence-corrected chi connectivity index (χ3v) is 3.41. The lowest BCUT2D eigenvalue weighted by molar-refractivity contribution is 0.0169. The van der Waals surface area contributed by atoms with Crippen LogP contribution >= 0.6 is 0 Å². The van der Waals surface area contributed by atoms with Crippen LogP contribution in [0.3, 0.4) is 0 Å². The smallest absolute Gasteiger partial charge is 0.0812 e. The van der Waals surface area contributed by atoms with Crippen LogP contribution in [-0.2, 0) is 6.42 Å². The summed E-state index contributed by atoms with van der Waals surface area (Å²) >= 11 is 0. The van der Waals surface area contributed by atoms with Crippen molar-refractivity contribution in [1.82, 2.24) is 5.32 Å². The van der Waals surface area contributed by atoms with Gasteiger partial charge in [-0.15, -0.1) is 0 Å². The summed E-state index contributed by atoms with van der Waals surface area (Å²) in [4.78, 5) is 2.09. The molecule has 0 aromatic heterocycles. The second kappa shape index (κ2) is 5.07. The molecule has 1 aliphatic heterocycles. The second-order valence-electron chi connectivity index (χ2n) is 5.25. The Kier molecular flexibility index (Phi) is 3.69. The minimum absolute atomic E-state index is 0.566. The number of anilines is 1. The molecule has 1 fully saturated rings. The number of benzene rings is 1. The Morgan fingerprint density at radius 2 is 2.24 bits per heavy atom. The van der Waals surface area contributed by atoms with Crippen LogP contribution in [-0.4, -0.2) is 37.9 Å². The van der Waals surface area contributed by atoms with E-state index < -0.39 is 5.60 Å². The molecule has 0 radical (unpaired) electrons. The number of nitrogens with one attached hydrogen (secondary N) is 1. The largest absolute Gasteiger partial charge is 0.388 e. The van der Waals surface area contributed by atoms with Crippen LogP contribution in [0.15, 0.2) is 24.3 Å². The molecule has 1 aromatic rings. The van der Waals surface area contributed by atoms with Gasteiger partial charge in [0.05, 0.1) is 5.60 Å². The van der Waals surface area contributed by atoms with Crippen LogP contribution in [0, 0.1) is 0 Å². The van der Waals surface area contributed by atoms with Crippen molar-refractivity contribution in [2.24, 2.45) is 0 Å². The maximum atomic E-state index is 10.5. The van der Waals surface area contributed by atoms with Gasteiger partial charge in [0, 0.05) is 32.7 Å². The van der Waals surface area contributed by atoms with Crippen molar-refractivity contribution < 1.29 is 5.11 Å². The summed E-state index contributed by atoms with van der Waals surface area (Å²) in [5.74, 6) is 0. The van der Waals surface area contributed by atoms with Gasteiger partial charge >= 0.3 is 0 Å². The molecule has 0 aliphatic carbocycles. The molecular weight excluding hydrogens is 212 g/mol. The molecule has 0 spiro atoms. The topological polar surface area (TPSA) is 35.5 Å². The van der Waals surface area contributed by atoms with Crippen LogP contribution < -0.4 is 10.2 Å². The summed E-state index contributed by atoms with van der Waals surface area (Å²) in [6.45, 7) is 1.74. The van der Waals surface area contributed by atoms with Crippen LogP contribution in [0.2, 0.25) is 0 Å². The first-order chi connectivity index (χ1) is 8.09. The SMILES string of the molecule is CN(C)c1cccc(CC2(O)CCCNC2)c1. The summed E-state index contributed by atoms with van der Waals surface area (Å²) in [7, 11) is 4.08. The zero-order valence-electron chi connectivity index (χ0n) is 10.7. The average Bonchev–Trinajstić information content (AvgIpc) is 2.29. The van der Waals surface area contributed by atoms with Gasteiger partial charge in [-0.3, -0.25) is 0 Å². The number of aliphatic hydroxyl groups is 1. The highest BCUT2D eigenvalue weighted by atomic mass is 16.3. The Morgan fingerprint density at radius 3 is 2.88 bits per heavy atom. The van der Waals surface area contributed by atoms with E-state index in [0.717, 1.165) is 25.8 Å². The van der Waals surface area contributed by atoms with E-state index in [4.69, 9.17) is 0 Å². The lowest BCUT2D eigenvalue weighted by Crippen LogP contribution is -2.47. The van der Waals surface area contributed by atoms with E-state index >= 15 is 0 Å². The number of hydrogen-bond acceptors (Lipinski definition) is 3. The van der Waals surface area contributed by atoms with Crippen molar-refractivity contribution in [3.63, 3.8) is 0 Å². The van der Waals surface area contributed by atoms with Gasteiger partial charge in [0.25, 0.3) is 0 Å². The Balaban J connectivity index is 2.09. The third kappa shape index (κ3) is 3.20. The predicted molar refractivity (Wildman–Crippen MR) is 71.5 cm³/mol. The van der Waals surface area contributed by atoms with Crippen LogP contribution in [0.5, 0.6) is 0 Å². The summed E-state index contributed by atoms with van der Waals surface area (Å²) in [6, 6.07) is 8.41. The Labute approximate surface area is 103 Å². The molecule has 1 atom stereocenters. The normalized spacial score (nSPS) is 24.6. The molecule has 3 heteroatoms. The highest BCUT2D eigenvalue weighted by Gasteiger charge is 2.29. The third-order valence-electron chi connectivity index (χ3n) is 3.41. The molecule has 1 saturated heterocycles. The minimum Gasteiger partial charge on any atom is -0.388 e. The van der Waals surface area contributed by atoms with Crippen molar-refractivity contribution in [3.8, 4) is 0 Å². The maximum absolute atomic E-state index is 10.5. The number of β-amino-alcohol motifs (C(OH)–C–C–N with tert-alkyl or cyclic N) is 1. The molecule has 1 unspecified atom stereocenters. The monoisotopic (exact) mass is 234 g/mol. The highest BCUT2D eigenvalue weighted by Crippen LogP contribution is 2.23. The van der Waals surface area contributed by atoms with E-state index in [-0.39, 0.29) is 0 Å². The van der Waals surface area contributed by atoms with E-state index in [1.807, 2.05) is 14.1 Å². The van der Waals surface area contributed by atoms with Gasteiger partial charge in [0.15, 0.2) is 0 Å². The number of piperidine rings is 1. The molecule has 1 heterocycles. The second-order valence-corrected chi connectivity index (χ2v) is 5.25. The fourth-order valence-corrected chi connectivity index (χ4v) is 2.43. The van der Waals surface area contributed by atoms with Crippen LogP contribution in [0.4, 0.5) is 5.69 Å². The van der Waals surface area contributed by atoms with E-state index in [1.165, 1.54) is 11.3 Å². The molecule has 0 saturated carbocycles. The Morgan fingerprint density at radius 1 is 1.41 bits per heavy atom. The van der Waals surface area contributed by atoms with E-state index in [1.54, 1.807) is 0 Å². The van der Waals surface area contributed by atoms with Gasteiger partial charge in [-0.05, 0) is 37.1 Å². The Bertz CT molecular complexity index is 370. The minimum atomic E-state index is -0.566. The van der Waals surface area contributed by atoms with E-state index in [9.17, 15) is 5.11 Å². The first-order valence-corrected chi connectivity index (χ1v) is 6.28. The van der Waals surface area contributed by atoms with Crippen LogP contribution in [0.25, 0.3) is 0 Å². The molecule has 2 N–H and O–H groups in total. The zero-order valence-corrected chi connectivity index (χ0v) is 10.7. The van der Waals surface area contributed by atoms with Gasteiger partial charge in [-0.25, -0.2) is 0 Å². The molecular formula is C14H22N2O. The van der Waals surface area contributed by atoms with Gasteiger partial charge in [0.1, 0.15) is 0 Å². The van der Waals surface area contributed by atoms with Crippen molar-refractivity contribution >= 4 is 5.69 Å². The van der Waals surface area contributed by atoms with Gasteiger partial charge in [-0.1, -0.05) is 12.1 Å². The standard InChI is InChI=1S/C14H22N2O/c1-16(2)13-6-3-5-12(9-13)10-14(17)7-4-8-15-11-14/h3,5-6,9,15,17H,4,7-8,10-11H2,1-2H3. The van der Waals surface area contributed by atoms with E-state index in [2.05, 4.69) is 34.5 Å². The lowest BCUT2D eigenvalue weighted by Gasteiger charge is -2.33. The maximum Gasteiger partial charge on any atom is 0.0812 e. The fourth-order valence-electron chi connectivity index (χ4n) is 2.43. The molecule has 2 rings (SSSR count). The Hall–Kier alpha value is -1.06. The molecule has 17 heavy (non-hydrogen) atoms. The number of nitrogens with zero attached hydrogens (tertiary/aromatic N) is 1. The molecule has 1 aliphatic rings. The summed E-state index contributed by atoms with van der Waals surface area (Å²) < 4.78 is 0. The van der Waals surface area contributed by atoms with Gasteiger partial charge < -0.3 is 15.3 Å². The molecule has 0 bridgehead atoms. The lowest BCUT2D eigenvalue weighted by atomic mass is 9.87. The average molecular weight is 234 g/mol. The number of hydrogen-bond donors (Lipinski definition) is 2. The fraction of sp³-hybridized carbons (Fsp3) is 0.571. The first kappa shape index (κ1) is 12.4. The molecule has 94 valence electrons. The van der Waals surface area contributed by atoms with Gasteiger partial charge in [-0.2, -0.15) is 0 Å². The molecule has 0 amide bonds. The molecule has 1 aromatic carbocycles. The summed E-state index contributed by atoms with van der Waals surface area (Å²) in [5, 5.41) is 13.8. The first-order valence-electron chi connectivity index (χ1n) is 6.28. The van der Waals surface area contributed by atoms with Gasteiger partial charge in [0.2, 0.25) is 0 Å². The van der Waals surface area contributed by atoms with Crippen LogP contribution in [0.1, 0.15) is 18.4 Å².